The summed E-state index contributed by atoms with van der Waals surface area (Å²) in [5, 5.41) is 8.87. The van der Waals surface area contributed by atoms with E-state index in [2.05, 4.69) is 25.9 Å². The van der Waals surface area contributed by atoms with E-state index in [0.29, 0.717) is 27.9 Å². The Hall–Kier alpha value is -4.63. The molecule has 0 bridgehead atoms. The van der Waals surface area contributed by atoms with E-state index in [9.17, 15) is 14.4 Å². The summed E-state index contributed by atoms with van der Waals surface area (Å²) < 4.78 is 5.76. The first-order valence-electron chi connectivity index (χ1n) is 11.0. The summed E-state index contributed by atoms with van der Waals surface area (Å²) in [5.41, 5.74) is 0.706. The number of anilines is 4. The van der Waals surface area contributed by atoms with Crippen molar-refractivity contribution in [3.05, 3.63) is 99.8 Å². The monoisotopic (exact) mass is 501 g/mol. The maximum Gasteiger partial charge on any atom is 0.258 e. The molecule has 2 amide bonds. The fourth-order valence-electron chi connectivity index (χ4n) is 3.78. The standard InChI is InChI=1S/C26H20ClN5O4/c27-15-6-8-17(9-7-15)29-26-31-23-22(25(35)32-26)20(14-21(33)30-23)24(34)28-16-10-12-19(13-11-16)36-18-4-2-1-3-5-18/h1-13,20H,14H2,(H,28,34)(H3,29,30,31,32,33,35). The van der Waals surface area contributed by atoms with Crippen LogP contribution < -0.4 is 26.2 Å². The zero-order chi connectivity index (χ0) is 25.1. The van der Waals surface area contributed by atoms with E-state index < -0.39 is 23.3 Å². The molecule has 5 rings (SSSR count). The van der Waals surface area contributed by atoms with Crippen LogP contribution in [0.2, 0.25) is 5.02 Å². The summed E-state index contributed by atoms with van der Waals surface area (Å²) in [5.74, 6) is -0.457. The Morgan fingerprint density at radius 3 is 2.31 bits per heavy atom. The Morgan fingerprint density at radius 1 is 0.917 bits per heavy atom. The van der Waals surface area contributed by atoms with Gasteiger partial charge in [0.2, 0.25) is 17.8 Å². The van der Waals surface area contributed by atoms with Crippen LogP contribution in [-0.2, 0) is 9.59 Å². The minimum absolute atomic E-state index is 0.0400. The zero-order valence-electron chi connectivity index (χ0n) is 18.7. The van der Waals surface area contributed by atoms with Crippen molar-refractivity contribution in [2.24, 2.45) is 0 Å². The maximum atomic E-state index is 13.1. The molecule has 0 saturated carbocycles. The fraction of sp³-hybridized carbons (Fsp3) is 0.0769. The fourth-order valence-corrected chi connectivity index (χ4v) is 3.91. The highest BCUT2D eigenvalue weighted by atomic mass is 35.5. The molecule has 1 aliphatic rings. The van der Waals surface area contributed by atoms with Gasteiger partial charge in [0.1, 0.15) is 17.3 Å². The number of fused-ring (bicyclic) bond motifs is 1. The Kier molecular flexibility index (Phi) is 6.38. The third-order valence-corrected chi connectivity index (χ3v) is 5.73. The minimum Gasteiger partial charge on any atom is -0.457 e. The van der Waals surface area contributed by atoms with Gasteiger partial charge in [-0.1, -0.05) is 29.8 Å². The van der Waals surface area contributed by atoms with E-state index >= 15 is 0 Å². The molecule has 1 unspecified atom stereocenters. The van der Waals surface area contributed by atoms with E-state index in [1.54, 1.807) is 48.5 Å². The highest BCUT2D eigenvalue weighted by Crippen LogP contribution is 2.31. The van der Waals surface area contributed by atoms with Crippen molar-refractivity contribution in [3.8, 4) is 11.5 Å². The average molecular weight is 502 g/mol. The number of H-pyrrole nitrogens is 1. The van der Waals surface area contributed by atoms with Gasteiger partial charge in [-0.15, -0.1) is 0 Å². The van der Waals surface area contributed by atoms with Crippen molar-refractivity contribution >= 4 is 46.6 Å². The van der Waals surface area contributed by atoms with E-state index in [1.807, 2.05) is 30.3 Å². The quantitative estimate of drug-likeness (QED) is 0.294. The molecule has 0 radical (unpaired) electrons. The normalized spacial score (nSPS) is 14.4. The first kappa shape index (κ1) is 23.1. The number of benzene rings is 3. The molecule has 36 heavy (non-hydrogen) atoms. The predicted molar refractivity (Wildman–Crippen MR) is 137 cm³/mol. The van der Waals surface area contributed by atoms with E-state index in [4.69, 9.17) is 16.3 Å². The number of aromatic nitrogens is 2. The lowest BCUT2D eigenvalue weighted by Gasteiger charge is -2.23. The van der Waals surface area contributed by atoms with Crippen LogP contribution in [0.15, 0.2) is 83.7 Å². The molecule has 4 aromatic rings. The first-order chi connectivity index (χ1) is 17.4. The number of ether oxygens (including phenoxy) is 1. The molecule has 0 fully saturated rings. The molecular formula is C26H20ClN5O4. The van der Waals surface area contributed by atoms with E-state index in [1.165, 1.54) is 0 Å². The van der Waals surface area contributed by atoms with Gasteiger partial charge in [0.05, 0.1) is 11.5 Å². The molecule has 1 aliphatic heterocycles. The van der Waals surface area contributed by atoms with Crippen LogP contribution in [0, 0.1) is 0 Å². The van der Waals surface area contributed by atoms with Gasteiger partial charge in [-0.25, -0.2) is 0 Å². The molecule has 4 N–H and O–H groups in total. The Bertz CT molecular complexity index is 1470. The molecule has 180 valence electrons. The summed E-state index contributed by atoms with van der Waals surface area (Å²) in [6, 6.07) is 22.9. The number of aromatic amines is 1. The highest BCUT2D eigenvalue weighted by Gasteiger charge is 2.34. The lowest BCUT2D eigenvalue weighted by Crippen LogP contribution is -2.36. The topological polar surface area (TPSA) is 125 Å². The maximum absolute atomic E-state index is 13.1. The number of hydrogen-bond acceptors (Lipinski definition) is 6. The van der Waals surface area contributed by atoms with Crippen LogP contribution in [0.4, 0.5) is 23.1 Å². The van der Waals surface area contributed by atoms with Crippen molar-refractivity contribution in [1.29, 1.82) is 0 Å². The van der Waals surface area contributed by atoms with Gasteiger partial charge in [0.25, 0.3) is 5.56 Å². The second kappa shape index (κ2) is 9.93. The number of para-hydroxylation sites is 1. The molecular weight excluding hydrogens is 482 g/mol. The molecule has 1 aromatic heterocycles. The number of rotatable bonds is 6. The number of halogens is 1. The van der Waals surface area contributed by atoms with Gasteiger partial charge in [-0.2, -0.15) is 4.98 Å². The van der Waals surface area contributed by atoms with Gasteiger partial charge < -0.3 is 20.7 Å². The molecule has 10 heteroatoms. The van der Waals surface area contributed by atoms with Crippen molar-refractivity contribution < 1.29 is 14.3 Å². The SMILES string of the molecule is O=C1CC(C(=O)Nc2ccc(Oc3ccccc3)cc2)c2c(nc(Nc3ccc(Cl)cc3)[nH]c2=O)N1. The molecule has 3 aromatic carbocycles. The third kappa shape index (κ3) is 5.21. The van der Waals surface area contributed by atoms with Crippen LogP contribution in [0.5, 0.6) is 11.5 Å². The smallest absolute Gasteiger partial charge is 0.258 e. The summed E-state index contributed by atoms with van der Waals surface area (Å²) in [6.45, 7) is 0. The minimum atomic E-state index is -1.00. The number of hydrogen-bond donors (Lipinski definition) is 4. The molecule has 2 heterocycles. The molecule has 0 spiro atoms. The Balaban J connectivity index is 1.33. The number of carbonyl (C=O) groups excluding carboxylic acids is 2. The van der Waals surface area contributed by atoms with Gasteiger partial charge in [-0.05, 0) is 60.7 Å². The van der Waals surface area contributed by atoms with Crippen LogP contribution in [0.3, 0.4) is 0 Å². The Labute approximate surface area is 210 Å². The van der Waals surface area contributed by atoms with Crippen molar-refractivity contribution in [1.82, 2.24) is 9.97 Å². The number of nitrogens with one attached hydrogen (secondary N) is 4. The summed E-state index contributed by atoms with van der Waals surface area (Å²) in [7, 11) is 0. The molecule has 0 aliphatic carbocycles. The van der Waals surface area contributed by atoms with Crippen LogP contribution in [0.1, 0.15) is 17.9 Å². The first-order valence-corrected chi connectivity index (χ1v) is 11.4. The lowest BCUT2D eigenvalue weighted by molar-refractivity contribution is -0.123. The highest BCUT2D eigenvalue weighted by molar-refractivity contribution is 6.30. The largest absolute Gasteiger partial charge is 0.457 e. The Morgan fingerprint density at radius 2 is 1.58 bits per heavy atom. The third-order valence-electron chi connectivity index (χ3n) is 5.48. The van der Waals surface area contributed by atoms with Crippen LogP contribution >= 0.6 is 11.6 Å². The second-order valence-electron chi connectivity index (χ2n) is 8.04. The predicted octanol–water partition coefficient (Wildman–Crippen LogP) is 5.02. The number of amides is 2. The zero-order valence-corrected chi connectivity index (χ0v) is 19.5. The van der Waals surface area contributed by atoms with E-state index in [-0.39, 0.29) is 23.8 Å². The summed E-state index contributed by atoms with van der Waals surface area (Å²) in [6.07, 6.45) is -0.178. The van der Waals surface area contributed by atoms with E-state index in [0.717, 1.165) is 0 Å². The van der Waals surface area contributed by atoms with Crippen LogP contribution in [0.25, 0.3) is 0 Å². The summed E-state index contributed by atoms with van der Waals surface area (Å²) >= 11 is 5.90. The van der Waals surface area contributed by atoms with Crippen LogP contribution in [-0.4, -0.2) is 21.8 Å². The second-order valence-corrected chi connectivity index (χ2v) is 8.48. The number of nitrogens with zero attached hydrogens (tertiary/aromatic N) is 1. The van der Waals surface area contributed by atoms with Crippen molar-refractivity contribution in [3.63, 3.8) is 0 Å². The van der Waals surface area contributed by atoms with Gasteiger partial charge in [0, 0.05) is 22.8 Å². The lowest BCUT2D eigenvalue weighted by atomic mass is 9.92. The van der Waals surface area contributed by atoms with Gasteiger partial charge in [-0.3, -0.25) is 19.4 Å². The van der Waals surface area contributed by atoms with Crippen molar-refractivity contribution in [2.75, 3.05) is 16.0 Å². The number of carbonyl (C=O) groups is 2. The average Bonchev–Trinajstić information content (AvgIpc) is 2.86. The van der Waals surface area contributed by atoms with Crippen molar-refractivity contribution in [2.45, 2.75) is 12.3 Å². The molecule has 9 nitrogen and oxygen atoms in total. The van der Waals surface area contributed by atoms with Gasteiger partial charge >= 0.3 is 0 Å². The molecule has 1 atom stereocenters. The van der Waals surface area contributed by atoms with Gasteiger partial charge in [0.15, 0.2) is 0 Å². The summed E-state index contributed by atoms with van der Waals surface area (Å²) in [4.78, 5) is 45.3. The molecule has 0 saturated heterocycles.